The molecule has 0 unspecified atom stereocenters. The maximum absolute atomic E-state index is 4.48. The lowest BCUT2D eigenvalue weighted by atomic mass is 10.0. The lowest BCUT2D eigenvalue weighted by molar-refractivity contribution is 0.172. The number of aromatic nitrogens is 3. The molecular formula is C22H35N7. The van der Waals surface area contributed by atoms with Gasteiger partial charge in [0.2, 0.25) is 0 Å². The summed E-state index contributed by atoms with van der Waals surface area (Å²) in [6.07, 6.45) is 2.70. The average molecular weight is 398 g/mol. The molecule has 1 N–H and O–H groups in total. The third-order valence-electron chi connectivity index (χ3n) is 5.58. The summed E-state index contributed by atoms with van der Waals surface area (Å²) in [4.78, 5) is 9.36. The number of aliphatic imine (C=N–C) groups is 1. The highest BCUT2D eigenvalue weighted by atomic mass is 15.3. The van der Waals surface area contributed by atoms with Gasteiger partial charge in [0.25, 0.3) is 0 Å². The Bertz CT molecular complexity index is 771. The van der Waals surface area contributed by atoms with Crippen LogP contribution in [-0.4, -0.2) is 70.3 Å². The lowest BCUT2D eigenvalue weighted by Gasteiger charge is -2.36. The molecule has 158 valence electrons. The van der Waals surface area contributed by atoms with Gasteiger partial charge in [0.1, 0.15) is 12.2 Å². The van der Waals surface area contributed by atoms with Crippen LogP contribution in [0.4, 0.5) is 0 Å². The van der Waals surface area contributed by atoms with Crippen LogP contribution in [0.3, 0.4) is 0 Å². The van der Waals surface area contributed by atoms with E-state index in [1.807, 2.05) is 7.05 Å². The van der Waals surface area contributed by atoms with E-state index in [1.54, 1.807) is 6.33 Å². The van der Waals surface area contributed by atoms with Gasteiger partial charge in [-0.2, -0.15) is 0 Å². The predicted molar refractivity (Wildman–Crippen MR) is 118 cm³/mol. The van der Waals surface area contributed by atoms with Crippen molar-refractivity contribution in [2.24, 2.45) is 4.99 Å². The van der Waals surface area contributed by atoms with Crippen LogP contribution in [0.25, 0.3) is 0 Å². The summed E-state index contributed by atoms with van der Waals surface area (Å²) in [5.74, 6) is 2.60. The van der Waals surface area contributed by atoms with E-state index in [1.165, 1.54) is 11.1 Å². The van der Waals surface area contributed by atoms with E-state index in [2.05, 4.69) is 79.9 Å². The molecule has 0 atom stereocenters. The second kappa shape index (κ2) is 10.4. The van der Waals surface area contributed by atoms with Crippen molar-refractivity contribution in [2.75, 3.05) is 39.8 Å². The van der Waals surface area contributed by atoms with Gasteiger partial charge in [0.15, 0.2) is 5.96 Å². The number of piperazine rings is 1. The molecule has 7 nitrogen and oxygen atoms in total. The number of nitrogens with one attached hydrogen (secondary N) is 1. The molecule has 0 bridgehead atoms. The number of rotatable bonds is 7. The first kappa shape index (κ1) is 21.3. The van der Waals surface area contributed by atoms with Crippen molar-refractivity contribution in [1.82, 2.24) is 29.9 Å². The number of guanidine groups is 1. The molecule has 1 aliphatic rings. The zero-order chi connectivity index (χ0) is 20.6. The number of aryl methyl sites for hydroxylation is 1. The SMILES string of the molecule is CCc1nncn1CCNC(=NC)N1CCN(Cc2ccc(C(C)C)cc2)CC1. The minimum absolute atomic E-state index is 0.588. The van der Waals surface area contributed by atoms with Gasteiger partial charge in [-0.1, -0.05) is 45.0 Å². The van der Waals surface area contributed by atoms with E-state index in [0.29, 0.717) is 5.92 Å². The molecular weight excluding hydrogens is 362 g/mol. The molecule has 0 aliphatic carbocycles. The van der Waals surface area contributed by atoms with Gasteiger partial charge in [-0.3, -0.25) is 9.89 Å². The van der Waals surface area contributed by atoms with E-state index in [0.717, 1.165) is 64.0 Å². The predicted octanol–water partition coefficient (Wildman–Crippen LogP) is 2.36. The smallest absolute Gasteiger partial charge is 0.193 e. The summed E-state index contributed by atoms with van der Waals surface area (Å²) in [5.41, 5.74) is 2.80. The molecule has 0 spiro atoms. The van der Waals surface area contributed by atoms with Crippen molar-refractivity contribution in [3.63, 3.8) is 0 Å². The molecule has 7 heteroatoms. The number of nitrogens with zero attached hydrogens (tertiary/aromatic N) is 6. The lowest BCUT2D eigenvalue weighted by Crippen LogP contribution is -2.52. The number of hydrogen-bond donors (Lipinski definition) is 1. The third-order valence-corrected chi connectivity index (χ3v) is 5.58. The molecule has 3 rings (SSSR count). The molecule has 1 aromatic carbocycles. The fourth-order valence-corrected chi connectivity index (χ4v) is 3.74. The molecule has 0 saturated carbocycles. The first-order valence-corrected chi connectivity index (χ1v) is 10.7. The van der Waals surface area contributed by atoms with Crippen LogP contribution in [0, 0.1) is 0 Å². The van der Waals surface area contributed by atoms with Crippen LogP contribution in [-0.2, 0) is 19.5 Å². The summed E-state index contributed by atoms with van der Waals surface area (Å²) < 4.78 is 2.10. The van der Waals surface area contributed by atoms with E-state index < -0.39 is 0 Å². The van der Waals surface area contributed by atoms with Gasteiger partial charge in [-0.25, -0.2) is 0 Å². The summed E-state index contributed by atoms with van der Waals surface area (Å²) in [6, 6.07) is 9.08. The van der Waals surface area contributed by atoms with Crippen molar-refractivity contribution in [3.05, 3.63) is 47.5 Å². The van der Waals surface area contributed by atoms with Gasteiger partial charge in [-0.15, -0.1) is 10.2 Å². The largest absolute Gasteiger partial charge is 0.354 e. The van der Waals surface area contributed by atoms with E-state index in [9.17, 15) is 0 Å². The van der Waals surface area contributed by atoms with Gasteiger partial charge in [0.05, 0.1) is 0 Å². The first-order valence-electron chi connectivity index (χ1n) is 10.7. The highest BCUT2D eigenvalue weighted by molar-refractivity contribution is 5.79. The minimum atomic E-state index is 0.588. The van der Waals surface area contributed by atoms with Crippen LogP contribution >= 0.6 is 0 Å². The van der Waals surface area contributed by atoms with Gasteiger partial charge < -0.3 is 14.8 Å². The molecule has 1 saturated heterocycles. The Labute approximate surface area is 174 Å². The molecule has 29 heavy (non-hydrogen) atoms. The van der Waals surface area contributed by atoms with Crippen LogP contribution < -0.4 is 5.32 Å². The standard InChI is InChI=1S/C22H35N7/c1-5-21-26-25-17-29(21)11-10-24-22(23-4)28-14-12-27(13-15-28)16-19-6-8-20(9-7-19)18(2)3/h6-9,17-18H,5,10-16H2,1-4H3,(H,23,24). The maximum Gasteiger partial charge on any atom is 0.193 e. The Morgan fingerprint density at radius 1 is 1.14 bits per heavy atom. The monoisotopic (exact) mass is 397 g/mol. The Kier molecular flexibility index (Phi) is 7.63. The van der Waals surface area contributed by atoms with E-state index in [4.69, 9.17) is 0 Å². The van der Waals surface area contributed by atoms with Crippen LogP contribution in [0.2, 0.25) is 0 Å². The average Bonchev–Trinajstić information content (AvgIpc) is 3.20. The van der Waals surface area contributed by atoms with Crippen LogP contribution in [0.5, 0.6) is 0 Å². The normalized spacial score (nSPS) is 15.9. The maximum atomic E-state index is 4.48. The second-order valence-corrected chi connectivity index (χ2v) is 7.93. The van der Waals surface area contributed by atoms with E-state index >= 15 is 0 Å². The molecule has 1 aliphatic heterocycles. The summed E-state index contributed by atoms with van der Waals surface area (Å²) in [5, 5.41) is 11.6. The molecule has 1 fully saturated rings. The van der Waals surface area contributed by atoms with Crippen LogP contribution in [0.1, 0.15) is 43.6 Å². The van der Waals surface area contributed by atoms with Gasteiger partial charge in [0, 0.05) is 59.3 Å². The van der Waals surface area contributed by atoms with Crippen molar-refractivity contribution in [2.45, 2.75) is 46.2 Å². The topological polar surface area (TPSA) is 61.6 Å². The zero-order valence-electron chi connectivity index (χ0n) is 18.3. The fraction of sp³-hybridized carbons (Fsp3) is 0.591. The zero-order valence-corrected chi connectivity index (χ0v) is 18.3. The highest BCUT2D eigenvalue weighted by Crippen LogP contribution is 2.16. The quantitative estimate of drug-likeness (QED) is 0.574. The second-order valence-electron chi connectivity index (χ2n) is 7.93. The Morgan fingerprint density at radius 3 is 2.48 bits per heavy atom. The molecule has 2 heterocycles. The summed E-state index contributed by atoms with van der Waals surface area (Å²) in [7, 11) is 1.86. The minimum Gasteiger partial charge on any atom is -0.354 e. The molecule has 2 aromatic rings. The Morgan fingerprint density at radius 2 is 1.86 bits per heavy atom. The van der Waals surface area contributed by atoms with E-state index in [-0.39, 0.29) is 0 Å². The molecule has 1 aromatic heterocycles. The third kappa shape index (κ3) is 5.79. The summed E-state index contributed by atoms with van der Waals surface area (Å²) in [6.45, 7) is 13.4. The van der Waals surface area contributed by atoms with Crippen molar-refractivity contribution in [3.8, 4) is 0 Å². The van der Waals surface area contributed by atoms with Gasteiger partial charge in [-0.05, 0) is 17.0 Å². The van der Waals surface area contributed by atoms with Crippen molar-refractivity contribution >= 4 is 5.96 Å². The van der Waals surface area contributed by atoms with Crippen LogP contribution in [0.15, 0.2) is 35.6 Å². The summed E-state index contributed by atoms with van der Waals surface area (Å²) >= 11 is 0. The number of hydrogen-bond acceptors (Lipinski definition) is 4. The number of benzene rings is 1. The molecule has 0 radical (unpaired) electrons. The Balaban J connectivity index is 1.43. The molecule has 0 amide bonds. The van der Waals surface area contributed by atoms with Crippen molar-refractivity contribution in [1.29, 1.82) is 0 Å². The highest BCUT2D eigenvalue weighted by Gasteiger charge is 2.19. The van der Waals surface area contributed by atoms with Gasteiger partial charge >= 0.3 is 0 Å². The fourth-order valence-electron chi connectivity index (χ4n) is 3.74. The first-order chi connectivity index (χ1) is 14.1. The van der Waals surface area contributed by atoms with Crippen molar-refractivity contribution < 1.29 is 0 Å². The Hall–Kier alpha value is -2.41.